The summed E-state index contributed by atoms with van der Waals surface area (Å²) >= 11 is 0. The lowest BCUT2D eigenvalue weighted by molar-refractivity contribution is -0.130. The molecule has 0 spiro atoms. The zero-order chi connectivity index (χ0) is 15.1. The van der Waals surface area contributed by atoms with Gasteiger partial charge in [0.25, 0.3) is 0 Å². The normalized spacial score (nSPS) is 20.9. The molecule has 1 aliphatic carbocycles. The molecule has 2 aliphatic rings. The van der Waals surface area contributed by atoms with Gasteiger partial charge in [-0.2, -0.15) is 0 Å². The standard InChI is InChI=1S/C15H27N5O/c1-13(21)20-11-9-19(10-12-20)8-7-17-15(16-2)18-14-5-3-4-6-14/h3-4,14H,5-12H2,1-2H3,(H2,16,17,18). The molecule has 0 aromatic rings. The van der Waals surface area contributed by atoms with E-state index < -0.39 is 0 Å². The summed E-state index contributed by atoms with van der Waals surface area (Å²) in [6.07, 6.45) is 6.57. The molecule has 0 atom stereocenters. The second kappa shape index (κ2) is 8.02. The van der Waals surface area contributed by atoms with E-state index in [1.165, 1.54) is 0 Å². The highest BCUT2D eigenvalue weighted by Gasteiger charge is 2.18. The highest BCUT2D eigenvalue weighted by molar-refractivity contribution is 5.80. The third kappa shape index (κ3) is 5.04. The summed E-state index contributed by atoms with van der Waals surface area (Å²) in [6.45, 7) is 7.10. The van der Waals surface area contributed by atoms with E-state index in [2.05, 4.69) is 32.7 Å². The second-order valence-corrected chi connectivity index (χ2v) is 5.63. The van der Waals surface area contributed by atoms with Crippen molar-refractivity contribution >= 4 is 11.9 Å². The van der Waals surface area contributed by atoms with Crippen molar-refractivity contribution < 1.29 is 4.79 Å². The first kappa shape index (κ1) is 15.8. The molecule has 0 saturated carbocycles. The van der Waals surface area contributed by atoms with Gasteiger partial charge in [0.1, 0.15) is 0 Å². The number of guanidine groups is 1. The van der Waals surface area contributed by atoms with Crippen molar-refractivity contribution in [2.75, 3.05) is 46.3 Å². The van der Waals surface area contributed by atoms with Gasteiger partial charge < -0.3 is 15.5 Å². The van der Waals surface area contributed by atoms with E-state index in [1.807, 2.05) is 11.9 Å². The molecule has 1 aliphatic heterocycles. The minimum absolute atomic E-state index is 0.183. The van der Waals surface area contributed by atoms with Gasteiger partial charge in [-0.3, -0.25) is 14.7 Å². The molecule has 0 aromatic carbocycles. The van der Waals surface area contributed by atoms with Crippen molar-refractivity contribution in [3.8, 4) is 0 Å². The zero-order valence-corrected chi connectivity index (χ0v) is 13.1. The van der Waals surface area contributed by atoms with E-state index >= 15 is 0 Å². The number of nitrogens with zero attached hydrogens (tertiary/aromatic N) is 3. The summed E-state index contributed by atoms with van der Waals surface area (Å²) < 4.78 is 0. The Kier molecular flexibility index (Phi) is 6.04. The fourth-order valence-electron chi connectivity index (χ4n) is 2.74. The molecule has 6 heteroatoms. The van der Waals surface area contributed by atoms with Gasteiger partial charge in [-0.1, -0.05) is 12.2 Å². The maximum atomic E-state index is 11.3. The Labute approximate surface area is 127 Å². The Hall–Kier alpha value is -1.56. The molecular weight excluding hydrogens is 266 g/mol. The largest absolute Gasteiger partial charge is 0.355 e. The summed E-state index contributed by atoms with van der Waals surface area (Å²) in [5.41, 5.74) is 0. The molecule has 1 heterocycles. The van der Waals surface area contributed by atoms with Crippen LogP contribution in [0.1, 0.15) is 19.8 Å². The maximum Gasteiger partial charge on any atom is 0.219 e. The van der Waals surface area contributed by atoms with Crippen LogP contribution in [-0.2, 0) is 4.79 Å². The number of rotatable bonds is 4. The number of carbonyl (C=O) groups excluding carboxylic acids is 1. The predicted octanol–water partition coefficient (Wildman–Crippen LogP) is 0.0341. The lowest BCUT2D eigenvalue weighted by Gasteiger charge is -2.34. The Balaban J connectivity index is 1.61. The molecule has 2 N–H and O–H groups in total. The highest BCUT2D eigenvalue weighted by Crippen LogP contribution is 2.08. The maximum absolute atomic E-state index is 11.3. The van der Waals surface area contributed by atoms with Gasteiger partial charge in [-0.25, -0.2) is 0 Å². The van der Waals surface area contributed by atoms with Crippen LogP contribution < -0.4 is 10.6 Å². The van der Waals surface area contributed by atoms with Crippen LogP contribution in [0.3, 0.4) is 0 Å². The minimum Gasteiger partial charge on any atom is -0.355 e. The van der Waals surface area contributed by atoms with Crippen LogP contribution in [0.2, 0.25) is 0 Å². The third-order valence-electron chi connectivity index (χ3n) is 4.11. The molecule has 0 aromatic heterocycles. The lowest BCUT2D eigenvalue weighted by atomic mass is 10.2. The van der Waals surface area contributed by atoms with Crippen LogP contribution >= 0.6 is 0 Å². The minimum atomic E-state index is 0.183. The third-order valence-corrected chi connectivity index (χ3v) is 4.11. The van der Waals surface area contributed by atoms with Crippen molar-refractivity contribution in [1.29, 1.82) is 0 Å². The molecule has 1 saturated heterocycles. The molecule has 0 bridgehead atoms. The topological polar surface area (TPSA) is 60.0 Å². The van der Waals surface area contributed by atoms with Crippen molar-refractivity contribution in [1.82, 2.24) is 20.4 Å². The van der Waals surface area contributed by atoms with Gasteiger partial charge in [0.2, 0.25) is 5.91 Å². The predicted molar refractivity (Wildman–Crippen MR) is 85.4 cm³/mol. The van der Waals surface area contributed by atoms with Crippen molar-refractivity contribution in [2.45, 2.75) is 25.8 Å². The van der Waals surface area contributed by atoms with Crippen molar-refractivity contribution in [3.05, 3.63) is 12.2 Å². The van der Waals surface area contributed by atoms with Gasteiger partial charge in [0.15, 0.2) is 5.96 Å². The number of aliphatic imine (C=N–C) groups is 1. The van der Waals surface area contributed by atoms with E-state index in [9.17, 15) is 4.79 Å². The Morgan fingerprint density at radius 3 is 2.48 bits per heavy atom. The molecule has 0 unspecified atom stereocenters. The van der Waals surface area contributed by atoms with Crippen LogP contribution in [0, 0.1) is 0 Å². The van der Waals surface area contributed by atoms with Crippen LogP contribution in [0.5, 0.6) is 0 Å². The first-order chi connectivity index (χ1) is 10.2. The van der Waals surface area contributed by atoms with Gasteiger partial charge >= 0.3 is 0 Å². The molecule has 0 radical (unpaired) electrons. The van der Waals surface area contributed by atoms with E-state index in [4.69, 9.17) is 0 Å². The van der Waals surface area contributed by atoms with Crippen LogP contribution in [0.15, 0.2) is 17.1 Å². The molecule has 118 valence electrons. The Bertz CT molecular complexity index is 391. The van der Waals surface area contributed by atoms with E-state index in [0.717, 1.165) is 58.1 Å². The van der Waals surface area contributed by atoms with Crippen LogP contribution in [0.4, 0.5) is 0 Å². The SMILES string of the molecule is CN=C(NCCN1CCN(C(C)=O)CC1)NC1CC=CC1. The molecule has 21 heavy (non-hydrogen) atoms. The van der Waals surface area contributed by atoms with Gasteiger partial charge in [0.05, 0.1) is 0 Å². The second-order valence-electron chi connectivity index (χ2n) is 5.63. The number of hydrogen-bond donors (Lipinski definition) is 2. The molecule has 6 nitrogen and oxygen atoms in total. The summed E-state index contributed by atoms with van der Waals surface area (Å²) in [5.74, 6) is 1.06. The van der Waals surface area contributed by atoms with E-state index in [1.54, 1.807) is 6.92 Å². The van der Waals surface area contributed by atoms with Gasteiger partial charge in [-0.05, 0) is 12.8 Å². The number of hydrogen-bond acceptors (Lipinski definition) is 3. The summed E-state index contributed by atoms with van der Waals surface area (Å²) in [7, 11) is 1.81. The zero-order valence-electron chi connectivity index (χ0n) is 13.1. The fraction of sp³-hybridized carbons (Fsp3) is 0.733. The van der Waals surface area contributed by atoms with Gasteiger partial charge in [-0.15, -0.1) is 0 Å². The lowest BCUT2D eigenvalue weighted by Crippen LogP contribution is -2.50. The molecule has 2 rings (SSSR count). The van der Waals surface area contributed by atoms with E-state index in [0.29, 0.717) is 6.04 Å². The highest BCUT2D eigenvalue weighted by atomic mass is 16.2. The first-order valence-electron chi connectivity index (χ1n) is 7.79. The molecule has 1 fully saturated rings. The summed E-state index contributed by atoms with van der Waals surface area (Å²) in [4.78, 5) is 19.8. The quantitative estimate of drug-likeness (QED) is 0.436. The Morgan fingerprint density at radius 1 is 1.24 bits per heavy atom. The fourth-order valence-corrected chi connectivity index (χ4v) is 2.74. The summed E-state index contributed by atoms with van der Waals surface area (Å²) in [6, 6.07) is 0.482. The monoisotopic (exact) mass is 293 g/mol. The molecule has 1 amide bonds. The van der Waals surface area contributed by atoms with Crippen molar-refractivity contribution in [2.24, 2.45) is 4.99 Å². The molecular formula is C15H27N5O. The Morgan fingerprint density at radius 2 is 1.90 bits per heavy atom. The smallest absolute Gasteiger partial charge is 0.219 e. The van der Waals surface area contributed by atoms with Crippen LogP contribution in [0.25, 0.3) is 0 Å². The van der Waals surface area contributed by atoms with Crippen LogP contribution in [-0.4, -0.2) is 74.0 Å². The number of nitrogens with one attached hydrogen (secondary N) is 2. The number of carbonyl (C=O) groups is 1. The average Bonchev–Trinajstić information content (AvgIpc) is 2.99. The summed E-state index contributed by atoms with van der Waals surface area (Å²) in [5, 5.41) is 6.80. The number of amides is 1. The first-order valence-corrected chi connectivity index (χ1v) is 7.79. The van der Waals surface area contributed by atoms with Crippen molar-refractivity contribution in [3.63, 3.8) is 0 Å². The average molecular weight is 293 g/mol. The number of piperazine rings is 1. The van der Waals surface area contributed by atoms with E-state index in [-0.39, 0.29) is 5.91 Å². The van der Waals surface area contributed by atoms with Gasteiger partial charge in [0, 0.05) is 59.3 Å².